The summed E-state index contributed by atoms with van der Waals surface area (Å²) in [4.78, 5) is 24.3. The molecule has 7 heteroatoms. The van der Waals surface area contributed by atoms with E-state index in [2.05, 4.69) is 23.2 Å². The van der Waals surface area contributed by atoms with Crippen molar-refractivity contribution >= 4 is 21.8 Å². The standard InChI is InChI=1S/C15H22N2O4S/c1-3-4-13(15(19)17-22(20,21)12-7-8-12)16-14(18)11-6-5-10(2)9-11/h3,11-13H,1-2,4-9H2,(H,16,18)(H,17,19)/t11-,13?/m0/s1. The van der Waals surface area contributed by atoms with Gasteiger partial charge in [-0.15, -0.1) is 6.58 Å². The first-order chi connectivity index (χ1) is 10.3. The number of carbonyl (C=O) groups excluding carboxylic acids is 2. The molecular weight excluding hydrogens is 304 g/mol. The molecule has 2 N–H and O–H groups in total. The van der Waals surface area contributed by atoms with E-state index in [1.165, 1.54) is 6.08 Å². The Morgan fingerprint density at radius 3 is 2.50 bits per heavy atom. The summed E-state index contributed by atoms with van der Waals surface area (Å²) in [6.07, 6.45) is 4.97. The number of allylic oxidation sites excluding steroid dienone is 1. The molecule has 22 heavy (non-hydrogen) atoms. The number of hydrogen-bond acceptors (Lipinski definition) is 4. The molecule has 2 saturated carbocycles. The van der Waals surface area contributed by atoms with E-state index >= 15 is 0 Å². The molecule has 2 rings (SSSR count). The van der Waals surface area contributed by atoms with Crippen molar-refractivity contribution in [3.63, 3.8) is 0 Å². The highest BCUT2D eigenvalue weighted by Gasteiger charge is 2.38. The van der Waals surface area contributed by atoms with E-state index in [1.54, 1.807) is 0 Å². The fourth-order valence-electron chi connectivity index (χ4n) is 2.52. The van der Waals surface area contributed by atoms with Crippen LogP contribution in [0.25, 0.3) is 0 Å². The Morgan fingerprint density at radius 2 is 2.00 bits per heavy atom. The Morgan fingerprint density at radius 1 is 1.32 bits per heavy atom. The predicted octanol–water partition coefficient (Wildman–Crippen LogP) is 1.01. The van der Waals surface area contributed by atoms with Crippen molar-refractivity contribution in [3.8, 4) is 0 Å². The lowest BCUT2D eigenvalue weighted by atomic mass is 10.1. The van der Waals surface area contributed by atoms with Crippen LogP contribution in [0.4, 0.5) is 0 Å². The summed E-state index contributed by atoms with van der Waals surface area (Å²) >= 11 is 0. The molecule has 0 saturated heterocycles. The van der Waals surface area contributed by atoms with Crippen LogP contribution in [0, 0.1) is 5.92 Å². The summed E-state index contributed by atoms with van der Waals surface area (Å²) in [5, 5.41) is 2.16. The molecule has 2 aliphatic carbocycles. The molecular formula is C15H22N2O4S. The SMILES string of the molecule is C=CCC(NC(=O)[C@H]1CCC(=C)C1)C(=O)NS(=O)(=O)C1CC1. The third kappa shape index (κ3) is 4.19. The first kappa shape index (κ1) is 16.7. The van der Waals surface area contributed by atoms with Crippen LogP contribution in [-0.2, 0) is 19.6 Å². The number of carbonyl (C=O) groups is 2. The molecule has 2 aliphatic rings. The van der Waals surface area contributed by atoms with Crippen LogP contribution in [-0.4, -0.2) is 31.5 Å². The minimum Gasteiger partial charge on any atom is -0.344 e. The summed E-state index contributed by atoms with van der Waals surface area (Å²) in [6.45, 7) is 7.41. The van der Waals surface area contributed by atoms with E-state index in [0.29, 0.717) is 25.7 Å². The molecule has 0 aromatic carbocycles. The molecule has 0 radical (unpaired) electrons. The van der Waals surface area contributed by atoms with Crippen LogP contribution in [0.2, 0.25) is 0 Å². The normalized spacial score (nSPS) is 22.9. The maximum atomic E-state index is 12.2. The van der Waals surface area contributed by atoms with E-state index in [-0.39, 0.29) is 18.2 Å². The zero-order chi connectivity index (χ0) is 16.3. The van der Waals surface area contributed by atoms with E-state index < -0.39 is 27.2 Å². The first-order valence-electron chi connectivity index (χ1n) is 7.47. The molecule has 122 valence electrons. The summed E-state index contributed by atoms with van der Waals surface area (Å²) < 4.78 is 25.7. The van der Waals surface area contributed by atoms with Crippen molar-refractivity contribution in [3.05, 3.63) is 24.8 Å². The fourth-order valence-corrected chi connectivity index (χ4v) is 3.86. The van der Waals surface area contributed by atoms with Crippen LogP contribution in [0.1, 0.15) is 38.5 Å². The monoisotopic (exact) mass is 326 g/mol. The van der Waals surface area contributed by atoms with Gasteiger partial charge in [0.15, 0.2) is 0 Å². The maximum absolute atomic E-state index is 12.2. The molecule has 2 atom stereocenters. The molecule has 6 nitrogen and oxygen atoms in total. The average Bonchev–Trinajstić information content (AvgIpc) is 3.21. The molecule has 2 fully saturated rings. The average molecular weight is 326 g/mol. The Labute approximate surface area is 131 Å². The number of amides is 2. The third-order valence-electron chi connectivity index (χ3n) is 3.99. The van der Waals surface area contributed by atoms with Crippen LogP contribution in [0.3, 0.4) is 0 Å². The molecule has 0 bridgehead atoms. The smallest absolute Gasteiger partial charge is 0.256 e. The minimum atomic E-state index is -3.61. The number of rotatable bonds is 7. The van der Waals surface area contributed by atoms with Crippen molar-refractivity contribution in [1.82, 2.24) is 10.0 Å². The van der Waals surface area contributed by atoms with E-state index in [0.717, 1.165) is 12.0 Å². The zero-order valence-corrected chi connectivity index (χ0v) is 13.3. The minimum absolute atomic E-state index is 0.186. The molecule has 0 aromatic rings. The number of sulfonamides is 1. The van der Waals surface area contributed by atoms with Gasteiger partial charge in [-0.2, -0.15) is 0 Å². The molecule has 2 amide bonds. The summed E-state index contributed by atoms with van der Waals surface area (Å²) in [5.74, 6) is -1.12. The van der Waals surface area contributed by atoms with Crippen LogP contribution < -0.4 is 10.0 Å². The van der Waals surface area contributed by atoms with Gasteiger partial charge in [-0.1, -0.05) is 18.2 Å². The Kier molecular flexibility index (Phi) is 5.05. The third-order valence-corrected chi connectivity index (χ3v) is 5.83. The summed E-state index contributed by atoms with van der Waals surface area (Å²) in [6, 6.07) is -0.910. The van der Waals surface area contributed by atoms with Crippen LogP contribution >= 0.6 is 0 Å². The lowest BCUT2D eigenvalue weighted by Crippen LogP contribution is -2.50. The van der Waals surface area contributed by atoms with Crippen molar-refractivity contribution in [2.45, 2.75) is 49.8 Å². The second kappa shape index (κ2) is 6.64. The van der Waals surface area contributed by atoms with Gasteiger partial charge < -0.3 is 5.32 Å². The Bertz CT molecular complexity index is 593. The second-order valence-electron chi connectivity index (χ2n) is 5.99. The first-order valence-corrected chi connectivity index (χ1v) is 9.01. The number of hydrogen-bond donors (Lipinski definition) is 2. The van der Waals surface area contributed by atoms with Crippen molar-refractivity contribution in [2.75, 3.05) is 0 Å². The molecule has 0 aliphatic heterocycles. The van der Waals surface area contributed by atoms with E-state index in [9.17, 15) is 18.0 Å². The van der Waals surface area contributed by atoms with Crippen molar-refractivity contribution in [1.29, 1.82) is 0 Å². The maximum Gasteiger partial charge on any atom is 0.256 e. The van der Waals surface area contributed by atoms with Crippen molar-refractivity contribution < 1.29 is 18.0 Å². The highest BCUT2D eigenvalue weighted by molar-refractivity contribution is 7.90. The lowest BCUT2D eigenvalue weighted by Gasteiger charge is -2.19. The zero-order valence-electron chi connectivity index (χ0n) is 12.5. The summed E-state index contributed by atoms with van der Waals surface area (Å²) in [5.41, 5.74) is 1.03. The molecule has 0 heterocycles. The van der Waals surface area contributed by atoms with Gasteiger partial charge in [0, 0.05) is 5.92 Å². The van der Waals surface area contributed by atoms with Gasteiger partial charge >= 0.3 is 0 Å². The number of nitrogens with one attached hydrogen (secondary N) is 2. The predicted molar refractivity (Wildman–Crippen MR) is 83.3 cm³/mol. The van der Waals surface area contributed by atoms with Gasteiger partial charge in [0.25, 0.3) is 5.91 Å². The highest BCUT2D eigenvalue weighted by Crippen LogP contribution is 2.29. The van der Waals surface area contributed by atoms with Gasteiger partial charge in [0.05, 0.1) is 5.25 Å². The molecule has 1 unspecified atom stereocenters. The van der Waals surface area contributed by atoms with Gasteiger partial charge in [-0.25, -0.2) is 8.42 Å². The Hall–Kier alpha value is -1.63. The molecule has 0 aromatic heterocycles. The fraction of sp³-hybridized carbons (Fsp3) is 0.600. The second-order valence-corrected chi connectivity index (χ2v) is 7.95. The lowest BCUT2D eigenvalue weighted by molar-refractivity contribution is -0.130. The van der Waals surface area contributed by atoms with Crippen LogP contribution in [0.15, 0.2) is 24.8 Å². The largest absolute Gasteiger partial charge is 0.344 e. The van der Waals surface area contributed by atoms with Crippen LogP contribution in [0.5, 0.6) is 0 Å². The van der Waals surface area contributed by atoms with E-state index in [4.69, 9.17) is 0 Å². The van der Waals surface area contributed by atoms with Gasteiger partial charge in [-0.3, -0.25) is 14.3 Å². The van der Waals surface area contributed by atoms with Gasteiger partial charge in [-0.05, 0) is 38.5 Å². The van der Waals surface area contributed by atoms with Crippen molar-refractivity contribution in [2.24, 2.45) is 5.92 Å². The Balaban J connectivity index is 1.96. The molecule has 0 spiro atoms. The highest BCUT2D eigenvalue weighted by atomic mass is 32.2. The topological polar surface area (TPSA) is 92.3 Å². The summed E-state index contributed by atoms with van der Waals surface area (Å²) in [7, 11) is -3.61. The quantitative estimate of drug-likeness (QED) is 0.683. The van der Waals surface area contributed by atoms with E-state index in [1.807, 2.05) is 0 Å². The van der Waals surface area contributed by atoms with Gasteiger partial charge in [0.2, 0.25) is 15.9 Å². The van der Waals surface area contributed by atoms with Gasteiger partial charge in [0.1, 0.15) is 6.04 Å².